The molecule has 0 unspecified atom stereocenters. The highest BCUT2D eigenvalue weighted by Crippen LogP contribution is 2.26. The van der Waals surface area contributed by atoms with Crippen molar-refractivity contribution in [2.24, 2.45) is 0 Å². The average Bonchev–Trinajstić information content (AvgIpc) is 2.44. The molecule has 0 saturated heterocycles. The monoisotopic (exact) mass is 213 g/mol. The molecule has 0 spiro atoms. The standard InChI is InChI=1S/C12H23NO2/c1-12(2,11(14)15)13(3)10-8-6-4-5-7-9-10/h10H,4-9H2,1-3H3,(H,14,15). The van der Waals surface area contributed by atoms with Crippen LogP contribution in [-0.2, 0) is 4.79 Å². The van der Waals surface area contributed by atoms with Gasteiger partial charge in [0.2, 0.25) is 0 Å². The van der Waals surface area contributed by atoms with Crippen LogP contribution in [0.25, 0.3) is 0 Å². The summed E-state index contributed by atoms with van der Waals surface area (Å²) in [6, 6.07) is 0.443. The van der Waals surface area contributed by atoms with Crippen LogP contribution in [-0.4, -0.2) is 34.6 Å². The summed E-state index contributed by atoms with van der Waals surface area (Å²) in [5, 5.41) is 9.17. The van der Waals surface area contributed by atoms with Crippen LogP contribution in [0.5, 0.6) is 0 Å². The largest absolute Gasteiger partial charge is 0.480 e. The number of hydrogen-bond donors (Lipinski definition) is 1. The maximum absolute atomic E-state index is 11.1. The van der Waals surface area contributed by atoms with Gasteiger partial charge in [-0.1, -0.05) is 25.7 Å². The van der Waals surface area contributed by atoms with Gasteiger partial charge in [0.1, 0.15) is 5.54 Å². The third-order valence-electron chi connectivity index (χ3n) is 3.78. The normalized spacial score (nSPS) is 20.3. The number of hydrogen-bond acceptors (Lipinski definition) is 2. The van der Waals surface area contributed by atoms with E-state index < -0.39 is 11.5 Å². The van der Waals surface area contributed by atoms with Crippen LogP contribution in [0.4, 0.5) is 0 Å². The predicted octanol–water partition coefficient (Wildman–Crippen LogP) is 2.50. The molecule has 1 aliphatic rings. The topological polar surface area (TPSA) is 40.5 Å². The molecule has 0 amide bonds. The molecule has 0 heterocycles. The van der Waals surface area contributed by atoms with Gasteiger partial charge in [-0.05, 0) is 33.7 Å². The van der Waals surface area contributed by atoms with Crippen molar-refractivity contribution in [2.75, 3.05) is 7.05 Å². The van der Waals surface area contributed by atoms with E-state index in [0.29, 0.717) is 6.04 Å². The van der Waals surface area contributed by atoms with Gasteiger partial charge in [0.25, 0.3) is 0 Å². The number of carbonyl (C=O) groups is 1. The summed E-state index contributed by atoms with van der Waals surface area (Å²) < 4.78 is 0. The molecular weight excluding hydrogens is 190 g/mol. The van der Waals surface area contributed by atoms with E-state index in [1.165, 1.54) is 25.7 Å². The number of carboxylic acid groups (broad SMARTS) is 1. The van der Waals surface area contributed by atoms with E-state index in [-0.39, 0.29) is 0 Å². The van der Waals surface area contributed by atoms with E-state index in [0.717, 1.165) is 12.8 Å². The van der Waals surface area contributed by atoms with Gasteiger partial charge in [0.15, 0.2) is 0 Å². The minimum Gasteiger partial charge on any atom is -0.480 e. The molecule has 88 valence electrons. The molecule has 3 heteroatoms. The van der Waals surface area contributed by atoms with Crippen molar-refractivity contribution >= 4 is 5.97 Å². The first-order chi connectivity index (χ1) is 6.96. The minimum atomic E-state index is -0.741. The minimum absolute atomic E-state index is 0.443. The van der Waals surface area contributed by atoms with Crippen molar-refractivity contribution in [1.29, 1.82) is 0 Å². The number of carboxylic acids is 1. The fraction of sp³-hybridized carbons (Fsp3) is 0.917. The van der Waals surface area contributed by atoms with Gasteiger partial charge >= 0.3 is 5.97 Å². The zero-order chi connectivity index (χ0) is 11.5. The fourth-order valence-corrected chi connectivity index (χ4v) is 2.25. The van der Waals surface area contributed by atoms with Gasteiger partial charge in [0.05, 0.1) is 0 Å². The lowest BCUT2D eigenvalue weighted by Gasteiger charge is -2.37. The Morgan fingerprint density at radius 1 is 1.20 bits per heavy atom. The Kier molecular flexibility index (Phi) is 4.14. The maximum atomic E-state index is 11.1. The van der Waals surface area contributed by atoms with Crippen molar-refractivity contribution in [3.63, 3.8) is 0 Å². The molecule has 0 aliphatic heterocycles. The Labute approximate surface area is 92.5 Å². The molecule has 3 nitrogen and oxygen atoms in total. The fourth-order valence-electron chi connectivity index (χ4n) is 2.25. The molecule has 1 saturated carbocycles. The van der Waals surface area contributed by atoms with E-state index in [4.69, 9.17) is 0 Å². The number of aliphatic carboxylic acids is 1. The Balaban J connectivity index is 2.64. The number of nitrogens with zero attached hydrogens (tertiary/aromatic N) is 1. The van der Waals surface area contributed by atoms with Crippen molar-refractivity contribution in [2.45, 2.75) is 64.0 Å². The van der Waals surface area contributed by atoms with E-state index in [1.54, 1.807) is 13.8 Å². The summed E-state index contributed by atoms with van der Waals surface area (Å²) >= 11 is 0. The summed E-state index contributed by atoms with van der Waals surface area (Å²) in [7, 11) is 1.95. The predicted molar refractivity (Wildman–Crippen MR) is 61.0 cm³/mol. The first-order valence-corrected chi connectivity index (χ1v) is 5.92. The molecule has 15 heavy (non-hydrogen) atoms. The van der Waals surface area contributed by atoms with Crippen molar-refractivity contribution in [3.05, 3.63) is 0 Å². The van der Waals surface area contributed by atoms with Crippen molar-refractivity contribution in [1.82, 2.24) is 4.90 Å². The van der Waals surface area contributed by atoms with Crippen LogP contribution in [0.3, 0.4) is 0 Å². The molecule has 0 aromatic carbocycles. The van der Waals surface area contributed by atoms with Gasteiger partial charge in [-0.3, -0.25) is 9.69 Å². The molecule has 0 atom stereocenters. The van der Waals surface area contributed by atoms with Gasteiger partial charge in [-0.15, -0.1) is 0 Å². The Morgan fingerprint density at radius 3 is 2.07 bits per heavy atom. The lowest BCUT2D eigenvalue weighted by atomic mass is 9.98. The number of rotatable bonds is 3. The van der Waals surface area contributed by atoms with Crippen LogP contribution >= 0.6 is 0 Å². The molecule has 0 aromatic heterocycles. The third kappa shape index (κ3) is 2.94. The first-order valence-electron chi connectivity index (χ1n) is 5.92. The molecule has 0 radical (unpaired) electrons. The van der Waals surface area contributed by atoms with Gasteiger partial charge in [0, 0.05) is 6.04 Å². The summed E-state index contributed by atoms with van der Waals surface area (Å²) in [5.41, 5.74) is -0.741. The summed E-state index contributed by atoms with van der Waals surface area (Å²) in [4.78, 5) is 13.2. The molecule has 1 aliphatic carbocycles. The van der Waals surface area contributed by atoms with E-state index in [1.807, 2.05) is 11.9 Å². The summed E-state index contributed by atoms with van der Waals surface area (Å²) in [6.45, 7) is 3.58. The van der Waals surface area contributed by atoms with E-state index in [9.17, 15) is 9.90 Å². The van der Waals surface area contributed by atoms with Gasteiger partial charge < -0.3 is 5.11 Å². The molecule has 0 bridgehead atoms. The zero-order valence-electron chi connectivity index (χ0n) is 10.1. The van der Waals surface area contributed by atoms with Crippen LogP contribution in [0.15, 0.2) is 0 Å². The molecular formula is C12H23NO2. The highest BCUT2D eigenvalue weighted by atomic mass is 16.4. The van der Waals surface area contributed by atoms with Crippen LogP contribution < -0.4 is 0 Å². The molecule has 1 rings (SSSR count). The molecule has 1 N–H and O–H groups in total. The highest BCUT2D eigenvalue weighted by Gasteiger charge is 2.35. The van der Waals surface area contributed by atoms with Crippen LogP contribution in [0.2, 0.25) is 0 Å². The van der Waals surface area contributed by atoms with Gasteiger partial charge in [-0.2, -0.15) is 0 Å². The smallest absolute Gasteiger partial charge is 0.323 e. The van der Waals surface area contributed by atoms with E-state index >= 15 is 0 Å². The van der Waals surface area contributed by atoms with E-state index in [2.05, 4.69) is 0 Å². The SMILES string of the molecule is CN(C1CCCCCC1)C(C)(C)C(=O)O. The highest BCUT2D eigenvalue weighted by molar-refractivity contribution is 5.77. The zero-order valence-corrected chi connectivity index (χ0v) is 10.1. The van der Waals surface area contributed by atoms with Gasteiger partial charge in [-0.25, -0.2) is 0 Å². The maximum Gasteiger partial charge on any atom is 0.323 e. The van der Waals surface area contributed by atoms with Crippen LogP contribution in [0, 0.1) is 0 Å². The quantitative estimate of drug-likeness (QED) is 0.732. The second-order valence-electron chi connectivity index (χ2n) is 5.12. The lowest BCUT2D eigenvalue weighted by molar-refractivity contribution is -0.150. The van der Waals surface area contributed by atoms with Crippen molar-refractivity contribution in [3.8, 4) is 0 Å². The van der Waals surface area contributed by atoms with Crippen molar-refractivity contribution < 1.29 is 9.90 Å². The Hall–Kier alpha value is -0.570. The summed E-state index contributed by atoms with van der Waals surface area (Å²) in [6.07, 6.45) is 7.38. The second kappa shape index (κ2) is 4.97. The lowest BCUT2D eigenvalue weighted by Crippen LogP contribution is -2.52. The second-order valence-corrected chi connectivity index (χ2v) is 5.12. The number of likely N-dealkylation sites (N-methyl/N-ethyl adjacent to an activating group) is 1. The Bertz CT molecular complexity index is 218. The molecule has 0 aromatic rings. The summed E-state index contributed by atoms with van der Waals surface area (Å²) in [5.74, 6) is -0.728. The first kappa shape index (κ1) is 12.5. The van der Waals surface area contributed by atoms with Crippen LogP contribution in [0.1, 0.15) is 52.4 Å². The molecule has 1 fully saturated rings. The third-order valence-corrected chi connectivity index (χ3v) is 3.78. The Morgan fingerprint density at radius 2 is 1.67 bits per heavy atom. The average molecular weight is 213 g/mol.